The molecule has 3 aromatic rings. The molecule has 0 radical (unpaired) electrons. The highest BCUT2D eigenvalue weighted by atomic mass is 35.5. The van der Waals surface area contributed by atoms with Gasteiger partial charge in [-0.3, -0.25) is 4.57 Å². The molecule has 0 unspecified atom stereocenters. The summed E-state index contributed by atoms with van der Waals surface area (Å²) < 4.78 is 20.7. The molecule has 0 N–H and O–H groups in total. The number of nitrogens with zero attached hydrogens (tertiary/aromatic N) is 2. The van der Waals surface area contributed by atoms with Crippen molar-refractivity contribution in [3.8, 4) is 11.4 Å². The molecule has 21 heavy (non-hydrogen) atoms. The van der Waals surface area contributed by atoms with Gasteiger partial charge in [-0.1, -0.05) is 12.1 Å². The van der Waals surface area contributed by atoms with E-state index < -0.39 is 0 Å². The predicted molar refractivity (Wildman–Crippen MR) is 81.9 cm³/mol. The van der Waals surface area contributed by atoms with Gasteiger partial charge in [0, 0.05) is 6.07 Å². The van der Waals surface area contributed by atoms with Gasteiger partial charge in [0.05, 0.1) is 29.7 Å². The molecular weight excluding hydrogens is 291 g/mol. The van der Waals surface area contributed by atoms with Gasteiger partial charge in [-0.2, -0.15) is 0 Å². The molecule has 3 nitrogen and oxygen atoms in total. The number of methoxy groups -OCH3 is 1. The standard InChI is InChI=1S/C16H14ClFN2O/c1-10-4-3-5-12-16(10)20(15(9-17)19-12)13-7-6-11(18)8-14(13)21-2/h3-8H,9H2,1-2H3. The third kappa shape index (κ3) is 2.25. The molecule has 1 heterocycles. The van der Waals surface area contributed by atoms with E-state index in [9.17, 15) is 4.39 Å². The van der Waals surface area contributed by atoms with Gasteiger partial charge in [0.25, 0.3) is 0 Å². The van der Waals surface area contributed by atoms with Gasteiger partial charge in [-0.05, 0) is 30.7 Å². The van der Waals surface area contributed by atoms with Crippen molar-refractivity contribution in [1.82, 2.24) is 9.55 Å². The molecule has 0 amide bonds. The Hall–Kier alpha value is -2.07. The molecule has 0 bridgehead atoms. The summed E-state index contributed by atoms with van der Waals surface area (Å²) in [5, 5.41) is 0. The number of halogens is 2. The number of aromatic nitrogens is 2. The summed E-state index contributed by atoms with van der Waals surface area (Å²) in [4.78, 5) is 4.55. The van der Waals surface area contributed by atoms with Crippen molar-refractivity contribution in [3.63, 3.8) is 0 Å². The summed E-state index contributed by atoms with van der Waals surface area (Å²) >= 11 is 6.03. The number of fused-ring (bicyclic) bond motifs is 1. The Balaban J connectivity index is 2.39. The topological polar surface area (TPSA) is 27.1 Å². The van der Waals surface area contributed by atoms with Crippen LogP contribution in [0.4, 0.5) is 4.39 Å². The van der Waals surface area contributed by atoms with Crippen LogP contribution in [-0.2, 0) is 5.88 Å². The number of aryl methyl sites for hydroxylation is 1. The number of alkyl halides is 1. The van der Waals surface area contributed by atoms with Gasteiger partial charge >= 0.3 is 0 Å². The minimum atomic E-state index is -0.343. The van der Waals surface area contributed by atoms with E-state index in [-0.39, 0.29) is 11.7 Å². The molecule has 0 fully saturated rings. The smallest absolute Gasteiger partial charge is 0.145 e. The molecule has 3 rings (SSSR count). The predicted octanol–water partition coefficient (Wildman–Crippen LogP) is 4.22. The molecule has 108 valence electrons. The lowest BCUT2D eigenvalue weighted by molar-refractivity contribution is 0.409. The van der Waals surface area contributed by atoms with Crippen molar-refractivity contribution in [1.29, 1.82) is 0 Å². The lowest BCUT2D eigenvalue weighted by Crippen LogP contribution is -2.03. The Morgan fingerprint density at radius 3 is 2.81 bits per heavy atom. The molecule has 1 aromatic heterocycles. The van der Waals surface area contributed by atoms with Crippen molar-refractivity contribution in [2.45, 2.75) is 12.8 Å². The highest BCUT2D eigenvalue weighted by Crippen LogP contribution is 2.31. The van der Waals surface area contributed by atoms with Crippen LogP contribution < -0.4 is 4.74 Å². The molecular formula is C16H14ClFN2O. The van der Waals surface area contributed by atoms with Crippen molar-refractivity contribution >= 4 is 22.6 Å². The van der Waals surface area contributed by atoms with Crippen LogP contribution in [0.5, 0.6) is 5.75 Å². The number of imidazole rings is 1. The second-order valence-electron chi connectivity index (χ2n) is 4.76. The summed E-state index contributed by atoms with van der Waals surface area (Å²) in [6.07, 6.45) is 0. The fraction of sp³-hybridized carbons (Fsp3) is 0.188. The van der Waals surface area contributed by atoms with Crippen molar-refractivity contribution in [2.24, 2.45) is 0 Å². The zero-order valence-corrected chi connectivity index (χ0v) is 12.5. The van der Waals surface area contributed by atoms with E-state index in [2.05, 4.69) is 4.98 Å². The molecule has 0 spiro atoms. The number of ether oxygens (including phenoxy) is 1. The van der Waals surface area contributed by atoms with Crippen LogP contribution in [0.3, 0.4) is 0 Å². The Morgan fingerprint density at radius 2 is 2.10 bits per heavy atom. The third-order valence-electron chi connectivity index (χ3n) is 3.45. The number of para-hydroxylation sites is 1. The monoisotopic (exact) mass is 304 g/mol. The number of hydrogen-bond donors (Lipinski definition) is 0. The van der Waals surface area contributed by atoms with Gasteiger partial charge < -0.3 is 4.74 Å². The van der Waals surface area contributed by atoms with E-state index in [1.165, 1.54) is 19.2 Å². The van der Waals surface area contributed by atoms with E-state index in [0.717, 1.165) is 22.3 Å². The highest BCUT2D eigenvalue weighted by molar-refractivity contribution is 6.17. The largest absolute Gasteiger partial charge is 0.494 e. The van der Waals surface area contributed by atoms with E-state index in [1.807, 2.05) is 29.7 Å². The fourth-order valence-electron chi connectivity index (χ4n) is 2.53. The van der Waals surface area contributed by atoms with Crippen LogP contribution in [0.1, 0.15) is 11.4 Å². The van der Waals surface area contributed by atoms with E-state index in [0.29, 0.717) is 11.6 Å². The average Bonchev–Trinajstić information content (AvgIpc) is 2.87. The van der Waals surface area contributed by atoms with Crippen LogP contribution in [-0.4, -0.2) is 16.7 Å². The van der Waals surface area contributed by atoms with Gasteiger partial charge in [-0.25, -0.2) is 9.37 Å². The van der Waals surface area contributed by atoms with Gasteiger partial charge in [0.2, 0.25) is 0 Å². The molecule has 0 atom stereocenters. The Labute approximate surface area is 126 Å². The molecule has 0 aliphatic heterocycles. The molecule has 0 aliphatic carbocycles. The molecule has 5 heteroatoms. The fourth-order valence-corrected chi connectivity index (χ4v) is 2.71. The second-order valence-corrected chi connectivity index (χ2v) is 5.02. The maximum atomic E-state index is 13.4. The highest BCUT2D eigenvalue weighted by Gasteiger charge is 2.16. The zero-order chi connectivity index (χ0) is 15.0. The van der Waals surface area contributed by atoms with Crippen LogP contribution in [0, 0.1) is 12.7 Å². The normalized spacial score (nSPS) is 11.0. The first-order valence-electron chi connectivity index (χ1n) is 6.52. The summed E-state index contributed by atoms with van der Waals surface area (Å²) in [6.45, 7) is 2.01. The van der Waals surface area contributed by atoms with E-state index >= 15 is 0 Å². The van der Waals surface area contributed by atoms with Crippen molar-refractivity contribution < 1.29 is 9.13 Å². The van der Waals surface area contributed by atoms with E-state index in [4.69, 9.17) is 16.3 Å². The third-order valence-corrected chi connectivity index (χ3v) is 3.69. The summed E-state index contributed by atoms with van der Waals surface area (Å²) in [5.41, 5.74) is 3.61. The molecule has 0 saturated carbocycles. The Bertz CT molecular complexity index is 813. The summed E-state index contributed by atoms with van der Waals surface area (Å²) in [7, 11) is 1.52. The van der Waals surface area contributed by atoms with Gasteiger partial charge in [0.15, 0.2) is 0 Å². The van der Waals surface area contributed by atoms with Crippen LogP contribution in [0.25, 0.3) is 16.7 Å². The number of hydrogen-bond acceptors (Lipinski definition) is 2. The van der Waals surface area contributed by atoms with Gasteiger partial charge in [-0.15, -0.1) is 11.6 Å². The number of rotatable bonds is 3. The average molecular weight is 305 g/mol. The Kier molecular flexibility index (Phi) is 3.55. The van der Waals surface area contributed by atoms with Crippen LogP contribution >= 0.6 is 11.6 Å². The Morgan fingerprint density at radius 1 is 1.29 bits per heavy atom. The first-order valence-corrected chi connectivity index (χ1v) is 7.06. The maximum Gasteiger partial charge on any atom is 0.145 e. The second kappa shape index (κ2) is 5.37. The first kappa shape index (κ1) is 13.9. The quantitative estimate of drug-likeness (QED) is 0.677. The molecule has 0 saturated heterocycles. The van der Waals surface area contributed by atoms with Crippen molar-refractivity contribution in [2.75, 3.05) is 7.11 Å². The maximum absolute atomic E-state index is 13.4. The summed E-state index contributed by atoms with van der Waals surface area (Å²) in [5.74, 6) is 1.06. The van der Waals surface area contributed by atoms with Crippen LogP contribution in [0.15, 0.2) is 36.4 Å². The van der Waals surface area contributed by atoms with Gasteiger partial charge in [0.1, 0.15) is 17.4 Å². The van der Waals surface area contributed by atoms with E-state index in [1.54, 1.807) is 6.07 Å². The minimum absolute atomic E-state index is 0.259. The van der Waals surface area contributed by atoms with Crippen molar-refractivity contribution in [3.05, 3.63) is 53.6 Å². The SMILES string of the molecule is COc1cc(F)ccc1-n1c(CCl)nc2cccc(C)c21. The molecule has 0 aliphatic rings. The van der Waals surface area contributed by atoms with Crippen LogP contribution in [0.2, 0.25) is 0 Å². The minimum Gasteiger partial charge on any atom is -0.494 e. The molecule has 2 aromatic carbocycles. The number of benzene rings is 2. The lowest BCUT2D eigenvalue weighted by atomic mass is 10.2. The zero-order valence-electron chi connectivity index (χ0n) is 11.7. The summed E-state index contributed by atoms with van der Waals surface area (Å²) in [6, 6.07) is 10.3. The lowest BCUT2D eigenvalue weighted by Gasteiger charge is -2.13. The first-order chi connectivity index (χ1) is 10.2.